The number of hydrogen-bond acceptors (Lipinski definition) is 3. The fourth-order valence-corrected chi connectivity index (χ4v) is 5.08. The Morgan fingerprint density at radius 2 is 1.10 bits per heavy atom. The first kappa shape index (κ1) is 28.2. The van der Waals surface area contributed by atoms with E-state index in [1.807, 2.05) is 27.7 Å². The van der Waals surface area contributed by atoms with Crippen molar-refractivity contribution in [2.75, 3.05) is 0 Å². The minimum atomic E-state index is -3.00. The van der Waals surface area contributed by atoms with Gasteiger partial charge in [-0.05, 0) is 66.2 Å². The fraction of sp³-hybridized carbons (Fsp3) is 0.538. The molecule has 0 amide bonds. The van der Waals surface area contributed by atoms with Gasteiger partial charge in [0, 0.05) is 0 Å². The van der Waals surface area contributed by atoms with Gasteiger partial charge in [-0.3, -0.25) is 4.57 Å². The van der Waals surface area contributed by atoms with Crippen LogP contribution in [0.2, 0.25) is 0 Å². The van der Waals surface area contributed by atoms with Crippen molar-refractivity contribution in [2.24, 2.45) is 10.8 Å². The molecule has 0 aliphatic carbocycles. The lowest BCUT2D eigenvalue weighted by Crippen LogP contribution is -2.47. The third-order valence-electron chi connectivity index (χ3n) is 6.01. The fourth-order valence-electron chi connectivity index (χ4n) is 3.52. The molecule has 4 heteroatoms. The van der Waals surface area contributed by atoms with Gasteiger partial charge in [-0.25, -0.2) is 0 Å². The normalized spacial score (nSPS) is 16.7. The molecule has 0 aliphatic heterocycles. The number of hydrogen-bond donors (Lipinski definition) is 0. The molecule has 30 heavy (non-hydrogen) atoms. The van der Waals surface area contributed by atoms with Crippen molar-refractivity contribution in [2.45, 2.75) is 77.4 Å². The summed E-state index contributed by atoms with van der Waals surface area (Å²) in [7, 11) is -3.00. The van der Waals surface area contributed by atoms with Crippen LogP contribution in [0.4, 0.5) is 0 Å². The Balaban J connectivity index is 6.21. The van der Waals surface area contributed by atoms with Crippen molar-refractivity contribution < 1.29 is 13.6 Å². The van der Waals surface area contributed by atoms with Crippen LogP contribution >= 0.6 is 8.25 Å². The van der Waals surface area contributed by atoms with Gasteiger partial charge in [0.25, 0.3) is 0 Å². The molecule has 0 spiro atoms. The Labute approximate surface area is 185 Å². The Kier molecular flexibility index (Phi) is 11.5. The molecule has 3 nitrogen and oxygen atoms in total. The molecular formula is C26H39O3P. The second-order valence-electron chi connectivity index (χ2n) is 8.62. The second-order valence-corrected chi connectivity index (χ2v) is 9.53. The van der Waals surface area contributed by atoms with Crippen molar-refractivity contribution in [3.05, 3.63) is 50.6 Å². The molecule has 0 heterocycles. The van der Waals surface area contributed by atoms with Gasteiger partial charge in [0.1, 0.15) is 0 Å². The first-order valence-corrected chi connectivity index (χ1v) is 11.5. The molecular weight excluding hydrogens is 391 g/mol. The molecule has 0 fully saturated rings. The van der Waals surface area contributed by atoms with Gasteiger partial charge in [0.2, 0.25) is 0 Å². The van der Waals surface area contributed by atoms with E-state index in [0.717, 1.165) is 0 Å². The van der Waals surface area contributed by atoms with Crippen LogP contribution < -0.4 is 0 Å². The van der Waals surface area contributed by atoms with Gasteiger partial charge >= 0.3 is 8.25 Å². The maximum atomic E-state index is 13.4. The van der Waals surface area contributed by atoms with Gasteiger partial charge in [-0.15, -0.1) is 39.2 Å². The molecule has 2 unspecified atom stereocenters. The van der Waals surface area contributed by atoms with Gasteiger partial charge in [0.15, 0.2) is 0 Å². The van der Waals surface area contributed by atoms with E-state index in [4.69, 9.17) is 21.9 Å². The van der Waals surface area contributed by atoms with Crippen molar-refractivity contribution >= 4 is 8.25 Å². The van der Waals surface area contributed by atoms with Gasteiger partial charge in [-0.2, -0.15) is 0 Å². The van der Waals surface area contributed by atoms with Crippen LogP contribution in [0.3, 0.4) is 0 Å². The second kappa shape index (κ2) is 12.2. The van der Waals surface area contributed by atoms with Crippen molar-refractivity contribution in [1.82, 2.24) is 0 Å². The minimum Gasteiger partial charge on any atom is -0.302 e. The first-order valence-electron chi connectivity index (χ1n) is 10.3. The lowest BCUT2D eigenvalue weighted by atomic mass is 9.71. The summed E-state index contributed by atoms with van der Waals surface area (Å²) in [6.45, 7) is 22.9. The average molecular weight is 431 g/mol. The predicted octanol–water partition coefficient (Wildman–Crippen LogP) is 7.29. The summed E-state index contributed by atoms with van der Waals surface area (Å²) in [5.74, 6) is 5.60. The third-order valence-corrected chi connectivity index (χ3v) is 7.12. The van der Waals surface area contributed by atoms with Crippen LogP contribution in [0.15, 0.2) is 50.6 Å². The zero-order valence-electron chi connectivity index (χ0n) is 19.3. The Hall–Kier alpha value is -1.77. The van der Waals surface area contributed by atoms with E-state index >= 15 is 0 Å². The highest BCUT2D eigenvalue weighted by Crippen LogP contribution is 2.52. The van der Waals surface area contributed by atoms with Crippen LogP contribution in [0, 0.1) is 35.5 Å². The van der Waals surface area contributed by atoms with E-state index in [1.54, 1.807) is 24.3 Å². The summed E-state index contributed by atoms with van der Waals surface area (Å²) in [5, 5.41) is 0. The molecule has 0 aromatic carbocycles. The van der Waals surface area contributed by atoms with E-state index in [0.29, 0.717) is 38.5 Å². The summed E-state index contributed by atoms with van der Waals surface area (Å²) in [4.78, 5) is 0. The van der Waals surface area contributed by atoms with E-state index in [9.17, 15) is 4.57 Å². The van der Waals surface area contributed by atoms with Crippen molar-refractivity contribution in [1.29, 1.82) is 0 Å². The van der Waals surface area contributed by atoms with Crippen LogP contribution in [0.1, 0.15) is 66.2 Å². The molecule has 0 aromatic rings. The van der Waals surface area contributed by atoms with Crippen LogP contribution in [-0.4, -0.2) is 11.2 Å². The molecule has 0 saturated carbocycles. The predicted molar refractivity (Wildman–Crippen MR) is 130 cm³/mol. The Morgan fingerprint density at radius 3 is 1.33 bits per heavy atom. The summed E-state index contributed by atoms with van der Waals surface area (Å²) in [6.07, 6.45) is 21.9. The third kappa shape index (κ3) is 6.62. The maximum Gasteiger partial charge on any atom is 0.320 e. The first-order chi connectivity index (χ1) is 14.0. The quantitative estimate of drug-likeness (QED) is 0.146. The standard InChI is InChI=1S/C26H39O3P/c1-11-17-21-25(19-13-3,23(7,8)15-5)28-30(27)29-26(20-14-4,22-18-12-2)24(9,10)16-6/h5-6,11-14,30H,1-4,17-22H2,7-10H3. The highest BCUT2D eigenvalue weighted by atomic mass is 31.1. The molecule has 166 valence electrons. The number of terminal acetylenes is 2. The average Bonchev–Trinajstić information content (AvgIpc) is 2.70. The van der Waals surface area contributed by atoms with Gasteiger partial charge in [-0.1, -0.05) is 36.1 Å². The number of rotatable bonds is 16. The lowest BCUT2D eigenvalue weighted by molar-refractivity contribution is -0.0627. The summed E-state index contributed by atoms with van der Waals surface area (Å²) in [6, 6.07) is 0. The Morgan fingerprint density at radius 1 is 0.767 bits per heavy atom. The van der Waals surface area contributed by atoms with E-state index in [1.165, 1.54) is 0 Å². The zero-order chi connectivity index (χ0) is 23.5. The SMILES string of the molecule is C#CC(C)(C)C(CC=C)(CCC=C)O[PH](=O)OC(CC=C)(CCC=C)C(C)(C)C#C. The molecule has 0 bridgehead atoms. The maximum absolute atomic E-state index is 13.4. The van der Waals surface area contributed by atoms with Crippen LogP contribution in [0.25, 0.3) is 0 Å². The van der Waals surface area contributed by atoms with Gasteiger partial charge in [0.05, 0.1) is 22.0 Å². The molecule has 0 N–H and O–H groups in total. The van der Waals surface area contributed by atoms with Crippen molar-refractivity contribution in [3.63, 3.8) is 0 Å². The van der Waals surface area contributed by atoms with E-state index < -0.39 is 30.3 Å². The summed E-state index contributed by atoms with van der Waals surface area (Å²) >= 11 is 0. The van der Waals surface area contributed by atoms with Crippen LogP contribution in [0.5, 0.6) is 0 Å². The minimum absolute atomic E-state index is 0.428. The Bertz CT molecular complexity index is 660. The molecule has 0 aromatic heterocycles. The summed E-state index contributed by atoms with van der Waals surface area (Å²) < 4.78 is 25.7. The number of allylic oxidation sites excluding steroid dienone is 2. The van der Waals surface area contributed by atoms with Crippen LogP contribution in [-0.2, 0) is 13.6 Å². The monoisotopic (exact) mass is 430 g/mol. The van der Waals surface area contributed by atoms with E-state index in [2.05, 4.69) is 38.2 Å². The topological polar surface area (TPSA) is 35.5 Å². The van der Waals surface area contributed by atoms with Gasteiger partial charge < -0.3 is 9.05 Å². The molecule has 0 saturated heterocycles. The molecule has 0 rings (SSSR count). The summed E-state index contributed by atoms with van der Waals surface area (Å²) in [5.41, 5.74) is -3.24. The zero-order valence-corrected chi connectivity index (χ0v) is 20.3. The van der Waals surface area contributed by atoms with E-state index in [-0.39, 0.29) is 0 Å². The highest BCUT2D eigenvalue weighted by Gasteiger charge is 2.49. The lowest BCUT2D eigenvalue weighted by Gasteiger charge is -2.46. The molecule has 2 atom stereocenters. The highest BCUT2D eigenvalue weighted by molar-refractivity contribution is 7.33. The largest absolute Gasteiger partial charge is 0.320 e. The molecule has 0 radical (unpaired) electrons. The molecule has 0 aliphatic rings. The smallest absolute Gasteiger partial charge is 0.302 e. The van der Waals surface area contributed by atoms with Crippen molar-refractivity contribution in [3.8, 4) is 24.7 Å².